The highest BCUT2D eigenvalue weighted by Crippen LogP contribution is 2.48. The normalized spacial score (nSPS) is 20.8. The Morgan fingerprint density at radius 1 is 0.615 bits per heavy atom. The summed E-state index contributed by atoms with van der Waals surface area (Å²) in [5.74, 6) is 1.11. The van der Waals surface area contributed by atoms with Crippen LogP contribution >= 0.6 is 69.4 Å². The molecule has 2 fully saturated rings. The van der Waals surface area contributed by atoms with Crippen LogP contribution in [0.1, 0.15) is 86.7 Å². The largest absolute Gasteiger partial charge is 0.508 e. The molecule has 4 aliphatic rings. The van der Waals surface area contributed by atoms with Gasteiger partial charge in [0.05, 0.1) is 44.5 Å². The molecule has 2 aliphatic heterocycles. The van der Waals surface area contributed by atoms with Gasteiger partial charge in [0, 0.05) is 49.0 Å². The van der Waals surface area contributed by atoms with Crippen LogP contribution in [0.15, 0.2) is 149 Å². The Labute approximate surface area is 481 Å². The maximum atomic E-state index is 14.9. The molecule has 0 spiro atoms. The highest BCUT2D eigenvalue weighted by Gasteiger charge is 2.48. The number of carbonyl (C=O) groups excluding carboxylic acids is 3. The second-order valence-corrected chi connectivity index (χ2v) is 24.3. The van der Waals surface area contributed by atoms with Gasteiger partial charge in [-0.05, 0) is 130 Å². The number of rotatable bonds is 22. The first kappa shape index (κ1) is 55.9. The number of nitrogens with zero attached hydrogens (tertiary/aromatic N) is 2. The molecule has 4 unspecified atom stereocenters. The van der Waals surface area contributed by atoms with Crippen LogP contribution in [0.25, 0.3) is 0 Å². The van der Waals surface area contributed by atoms with Gasteiger partial charge < -0.3 is 39.1 Å². The third kappa shape index (κ3) is 12.6. The van der Waals surface area contributed by atoms with E-state index in [1.807, 2.05) is 106 Å². The first-order chi connectivity index (χ1) is 38.0. The number of nitrogens with one attached hydrogen (secondary N) is 2. The van der Waals surface area contributed by atoms with Crippen molar-refractivity contribution in [1.82, 2.24) is 20.6 Å². The Balaban J connectivity index is 0.929. The topological polar surface area (TPSA) is 156 Å². The van der Waals surface area contributed by atoms with Crippen molar-refractivity contribution in [2.24, 2.45) is 11.8 Å². The summed E-state index contributed by atoms with van der Waals surface area (Å²) in [5.41, 5.74) is 1.59. The van der Waals surface area contributed by atoms with E-state index in [0.29, 0.717) is 89.0 Å². The highest BCUT2D eigenvalue weighted by molar-refractivity contribution is 8.04. The molecule has 78 heavy (non-hydrogen) atoms. The minimum atomic E-state index is -1.16. The number of methoxy groups -OCH3 is 2. The van der Waals surface area contributed by atoms with Gasteiger partial charge in [0.1, 0.15) is 36.5 Å². The fourth-order valence-electron chi connectivity index (χ4n) is 10.8. The maximum absolute atomic E-state index is 14.9. The van der Waals surface area contributed by atoms with Gasteiger partial charge >= 0.3 is 6.16 Å². The average molecular weight is 1170 g/mol. The number of thioether (sulfide) groups is 2. The lowest BCUT2D eigenvalue weighted by Crippen LogP contribution is -2.52. The summed E-state index contributed by atoms with van der Waals surface area (Å²) < 4.78 is 36.8. The Hall–Kier alpha value is -5.37. The van der Waals surface area contributed by atoms with Gasteiger partial charge in [0.15, 0.2) is 0 Å². The molecule has 2 aliphatic carbocycles. The quantitative estimate of drug-likeness (QED) is 0.0620. The van der Waals surface area contributed by atoms with Crippen LogP contribution in [-0.2, 0) is 39.6 Å². The lowest BCUT2D eigenvalue weighted by Gasteiger charge is -2.41. The Kier molecular flexibility index (Phi) is 18.5. The minimum Gasteiger partial charge on any atom is -0.477 e. The molecule has 0 radical (unpaired) electrons. The van der Waals surface area contributed by atoms with Gasteiger partial charge in [-0.25, -0.2) is 14.8 Å². The molecule has 2 aromatic carbocycles. The van der Waals surface area contributed by atoms with E-state index in [4.69, 9.17) is 61.6 Å². The fraction of sp³-hybridized carbons (Fsp3) is 0.373. The Morgan fingerprint density at radius 3 is 1.42 bits per heavy atom. The molecular weight excluding hydrogens is 1110 g/mol. The molecule has 408 valence electrons. The fourth-order valence-corrected chi connectivity index (χ4v) is 14.8. The number of thiophene rings is 2. The van der Waals surface area contributed by atoms with Gasteiger partial charge in [-0.3, -0.25) is 9.59 Å². The van der Waals surface area contributed by atoms with Gasteiger partial charge in [-0.15, -0.1) is 0 Å². The summed E-state index contributed by atoms with van der Waals surface area (Å²) in [4.78, 5) is 55.8. The lowest BCUT2D eigenvalue weighted by atomic mass is 9.78. The van der Waals surface area contributed by atoms with Crippen molar-refractivity contribution >= 4 is 87.4 Å². The second kappa shape index (κ2) is 25.8. The summed E-state index contributed by atoms with van der Waals surface area (Å²) in [7, 11) is 3.01. The molecule has 6 aromatic rings. The highest BCUT2D eigenvalue weighted by atomic mass is 35.5. The van der Waals surface area contributed by atoms with Gasteiger partial charge in [0.25, 0.3) is 11.8 Å². The lowest BCUT2D eigenvalue weighted by molar-refractivity contribution is -0.120. The zero-order valence-electron chi connectivity index (χ0n) is 43.2. The number of carbonyl (C=O) groups is 3. The molecule has 2 N–H and O–H groups in total. The Morgan fingerprint density at radius 2 is 1.04 bits per heavy atom. The molecule has 2 saturated carbocycles. The average Bonchev–Trinajstić information content (AvgIpc) is 4.45. The summed E-state index contributed by atoms with van der Waals surface area (Å²) in [6, 6.07) is 29.7. The van der Waals surface area contributed by atoms with E-state index in [-0.39, 0.29) is 37.9 Å². The standard InChI is InChI=1S/C59H60Cl2N4O9S4/c1-69-45(41-29-58(39-25-27-75-35-39,64-55(66)53(41)77-47-19-9-7-17-43(47)60)49-21-11-23-51(62-49)71-31-37-13-3-4-14-37)33-73-57(68)74-34-46(70-2)42-30-59(40-26-28-76-36-40,65-56(67)54(42)78-48-20-10-8-18-44(48)61)50-22-12-24-52(63-50)72-32-38-15-5-6-16-38/h7-12,17-28,35-38,45-46H,3-6,13-16,29-34H2,1-2H3,(H,64,66)(H,65,67). The van der Waals surface area contributed by atoms with Crippen LogP contribution in [0, 0.1) is 11.8 Å². The number of pyridine rings is 2. The van der Waals surface area contributed by atoms with Crippen LogP contribution in [0.4, 0.5) is 4.79 Å². The minimum absolute atomic E-state index is 0.197. The molecule has 6 heterocycles. The van der Waals surface area contributed by atoms with E-state index >= 15 is 0 Å². The van der Waals surface area contributed by atoms with E-state index < -0.39 is 29.4 Å². The summed E-state index contributed by atoms with van der Waals surface area (Å²) in [5, 5.41) is 15.5. The number of hydrogen-bond acceptors (Lipinski definition) is 15. The van der Waals surface area contributed by atoms with Crippen LogP contribution in [0.5, 0.6) is 11.8 Å². The zero-order valence-corrected chi connectivity index (χ0v) is 48.0. The predicted octanol–water partition coefficient (Wildman–Crippen LogP) is 13.5. The van der Waals surface area contributed by atoms with Crippen molar-refractivity contribution in [3.8, 4) is 11.8 Å². The molecule has 0 saturated heterocycles. The summed E-state index contributed by atoms with van der Waals surface area (Å²) in [6.45, 7) is 0.473. The molecule has 10 rings (SSSR count). The van der Waals surface area contributed by atoms with E-state index in [0.717, 1.165) is 36.8 Å². The number of amides is 2. The number of aromatic nitrogens is 2. The molecule has 4 atom stereocenters. The zero-order chi connectivity index (χ0) is 54.1. The Bertz CT molecular complexity index is 2930. The van der Waals surface area contributed by atoms with Crippen LogP contribution in [-0.4, -0.2) is 80.8 Å². The molecule has 19 heteroatoms. The van der Waals surface area contributed by atoms with Crippen molar-refractivity contribution in [1.29, 1.82) is 0 Å². The predicted molar refractivity (Wildman–Crippen MR) is 307 cm³/mol. The number of benzene rings is 2. The second-order valence-electron chi connectivity index (χ2n) is 19.8. The summed E-state index contributed by atoms with van der Waals surface area (Å²) in [6.07, 6.45) is 6.77. The van der Waals surface area contributed by atoms with Crippen molar-refractivity contribution in [2.45, 2.75) is 97.3 Å². The summed E-state index contributed by atoms with van der Waals surface area (Å²) >= 11 is 18.9. The van der Waals surface area contributed by atoms with Crippen molar-refractivity contribution in [2.75, 3.05) is 40.6 Å². The van der Waals surface area contributed by atoms with E-state index in [2.05, 4.69) is 10.6 Å². The van der Waals surface area contributed by atoms with Crippen LogP contribution < -0.4 is 20.1 Å². The van der Waals surface area contributed by atoms with Crippen molar-refractivity contribution in [3.63, 3.8) is 0 Å². The third-order valence-electron chi connectivity index (χ3n) is 14.9. The molecular formula is C59H60Cl2N4O9S4. The number of ether oxygens (including phenoxy) is 6. The van der Waals surface area contributed by atoms with Crippen LogP contribution in [0.2, 0.25) is 10.0 Å². The van der Waals surface area contributed by atoms with Gasteiger partial charge in [0.2, 0.25) is 11.8 Å². The monoisotopic (exact) mass is 1170 g/mol. The number of halogens is 2. The maximum Gasteiger partial charge on any atom is 0.508 e. The molecule has 2 amide bonds. The van der Waals surface area contributed by atoms with Crippen LogP contribution in [0.3, 0.4) is 0 Å². The smallest absolute Gasteiger partial charge is 0.477 e. The molecule has 13 nitrogen and oxygen atoms in total. The third-order valence-corrected chi connectivity index (χ3v) is 19.6. The van der Waals surface area contributed by atoms with E-state index in [1.165, 1.54) is 86.1 Å². The van der Waals surface area contributed by atoms with E-state index in [9.17, 15) is 14.4 Å². The first-order valence-electron chi connectivity index (χ1n) is 26.1. The number of hydrogen-bond donors (Lipinski definition) is 2. The van der Waals surface area contributed by atoms with Gasteiger partial charge in [-0.2, -0.15) is 22.7 Å². The molecule has 4 aromatic heterocycles. The van der Waals surface area contributed by atoms with Gasteiger partial charge in [-0.1, -0.05) is 109 Å². The SMILES string of the molecule is COC(COC(=O)OCC(OC)C1=C(Sc2ccccc2Cl)C(=O)NC(c2ccsc2)(c2cccc(OCC3CCCC3)n2)C1)C1=C(Sc2ccccc2Cl)C(=O)NC(c2ccsc2)(c2cccc(OCC3CCCC3)n2)C1. The first-order valence-corrected chi connectivity index (χ1v) is 30.4. The van der Waals surface area contributed by atoms with Crippen molar-refractivity contribution < 1.29 is 42.8 Å². The molecule has 0 bridgehead atoms. The van der Waals surface area contributed by atoms with E-state index in [1.54, 1.807) is 12.1 Å². The van der Waals surface area contributed by atoms with Crippen molar-refractivity contribution in [3.05, 3.63) is 172 Å².